The molecule has 25 heavy (non-hydrogen) atoms. The molecule has 2 heterocycles. The normalized spacial score (nSPS) is 16.8. The van der Waals surface area contributed by atoms with Crippen LogP contribution in [0, 0.1) is 6.92 Å². The number of aryl methyl sites for hydroxylation is 1. The standard InChI is InChI=1S/C17H20N2O4S2/c1-13-14(11-16(24-13)17(20)21)12-18-7-9-19(10-8-18)25(22,23)15-5-3-2-4-6-15/h2-6,11H,7-10,12H2,1H3,(H,20,21). The number of carbonyl (C=O) groups is 1. The number of hydrogen-bond acceptors (Lipinski definition) is 5. The first-order valence-corrected chi connectivity index (χ1v) is 10.2. The number of hydrogen-bond donors (Lipinski definition) is 1. The average molecular weight is 380 g/mol. The third-order valence-electron chi connectivity index (χ3n) is 4.34. The van der Waals surface area contributed by atoms with Gasteiger partial charge < -0.3 is 5.11 Å². The molecule has 1 aromatic carbocycles. The lowest BCUT2D eigenvalue weighted by atomic mass is 10.2. The zero-order valence-corrected chi connectivity index (χ0v) is 15.5. The molecule has 0 radical (unpaired) electrons. The van der Waals surface area contributed by atoms with Gasteiger partial charge in [0.1, 0.15) is 4.88 Å². The second kappa shape index (κ2) is 7.25. The molecule has 3 rings (SSSR count). The summed E-state index contributed by atoms with van der Waals surface area (Å²) in [6.45, 7) is 4.70. The lowest BCUT2D eigenvalue weighted by Gasteiger charge is -2.34. The Labute approximate surface area is 151 Å². The number of thiophene rings is 1. The van der Waals surface area contributed by atoms with Crippen LogP contribution in [0.5, 0.6) is 0 Å². The van der Waals surface area contributed by atoms with Gasteiger partial charge in [0.05, 0.1) is 4.90 Å². The molecule has 0 atom stereocenters. The molecule has 1 fully saturated rings. The van der Waals surface area contributed by atoms with Gasteiger partial charge in [-0.25, -0.2) is 13.2 Å². The van der Waals surface area contributed by atoms with Crippen LogP contribution in [0.4, 0.5) is 0 Å². The van der Waals surface area contributed by atoms with E-state index in [0.717, 1.165) is 10.4 Å². The summed E-state index contributed by atoms with van der Waals surface area (Å²) in [6, 6.07) is 10.2. The summed E-state index contributed by atoms with van der Waals surface area (Å²) in [5, 5.41) is 9.08. The molecular formula is C17H20N2O4S2. The quantitative estimate of drug-likeness (QED) is 0.861. The maximum Gasteiger partial charge on any atom is 0.345 e. The number of aromatic carboxylic acids is 1. The fraction of sp³-hybridized carbons (Fsp3) is 0.353. The van der Waals surface area contributed by atoms with Crippen molar-refractivity contribution in [1.82, 2.24) is 9.21 Å². The zero-order chi connectivity index (χ0) is 18.0. The van der Waals surface area contributed by atoms with Gasteiger partial charge in [-0.1, -0.05) is 18.2 Å². The summed E-state index contributed by atoms with van der Waals surface area (Å²) >= 11 is 1.28. The number of carboxylic acids is 1. The summed E-state index contributed by atoms with van der Waals surface area (Å²) in [5.74, 6) is -0.905. The first kappa shape index (κ1) is 18.1. The molecule has 0 bridgehead atoms. The van der Waals surface area contributed by atoms with E-state index in [0.29, 0.717) is 42.5 Å². The van der Waals surface area contributed by atoms with Gasteiger partial charge >= 0.3 is 5.97 Å². The van der Waals surface area contributed by atoms with Crippen molar-refractivity contribution in [2.75, 3.05) is 26.2 Å². The van der Waals surface area contributed by atoms with Gasteiger partial charge in [0.25, 0.3) is 0 Å². The zero-order valence-electron chi connectivity index (χ0n) is 13.9. The molecule has 0 unspecified atom stereocenters. The lowest BCUT2D eigenvalue weighted by molar-refractivity contribution is 0.0702. The molecule has 134 valence electrons. The Hall–Kier alpha value is -1.74. The Balaban J connectivity index is 1.63. The van der Waals surface area contributed by atoms with E-state index in [1.54, 1.807) is 36.4 Å². The van der Waals surface area contributed by atoms with Crippen molar-refractivity contribution < 1.29 is 18.3 Å². The van der Waals surface area contributed by atoms with Crippen molar-refractivity contribution >= 4 is 27.3 Å². The van der Waals surface area contributed by atoms with Crippen LogP contribution in [0.3, 0.4) is 0 Å². The van der Waals surface area contributed by atoms with Gasteiger partial charge in [-0.2, -0.15) is 4.31 Å². The van der Waals surface area contributed by atoms with Crippen molar-refractivity contribution in [3.8, 4) is 0 Å². The monoisotopic (exact) mass is 380 g/mol. The van der Waals surface area contributed by atoms with E-state index in [2.05, 4.69) is 4.90 Å². The van der Waals surface area contributed by atoms with Gasteiger partial charge in [0.2, 0.25) is 10.0 Å². The Bertz CT molecular complexity index is 854. The highest BCUT2D eigenvalue weighted by molar-refractivity contribution is 7.89. The van der Waals surface area contributed by atoms with Crippen molar-refractivity contribution in [2.45, 2.75) is 18.4 Å². The predicted molar refractivity (Wildman–Crippen MR) is 96.5 cm³/mol. The van der Waals surface area contributed by atoms with Crippen molar-refractivity contribution in [3.05, 3.63) is 51.7 Å². The maximum atomic E-state index is 12.6. The largest absolute Gasteiger partial charge is 0.477 e. The van der Waals surface area contributed by atoms with Crippen molar-refractivity contribution in [1.29, 1.82) is 0 Å². The van der Waals surface area contributed by atoms with Crippen LogP contribution in [0.1, 0.15) is 20.1 Å². The molecule has 2 aromatic rings. The third-order valence-corrected chi connectivity index (χ3v) is 7.33. The molecular weight excluding hydrogens is 360 g/mol. The molecule has 8 heteroatoms. The number of piperazine rings is 1. The number of sulfonamides is 1. The Kier molecular flexibility index (Phi) is 5.24. The minimum atomic E-state index is -3.44. The van der Waals surface area contributed by atoms with Crippen LogP contribution in [-0.4, -0.2) is 54.9 Å². The Morgan fingerprint density at radius 2 is 1.80 bits per heavy atom. The van der Waals surface area contributed by atoms with Crippen molar-refractivity contribution in [2.24, 2.45) is 0 Å². The number of nitrogens with zero attached hydrogens (tertiary/aromatic N) is 2. The molecule has 0 saturated carbocycles. The molecule has 6 nitrogen and oxygen atoms in total. The van der Waals surface area contributed by atoms with E-state index in [9.17, 15) is 13.2 Å². The van der Waals surface area contributed by atoms with Crippen LogP contribution in [0.25, 0.3) is 0 Å². The predicted octanol–water partition coefficient (Wildman–Crippen LogP) is 2.26. The third kappa shape index (κ3) is 3.92. The minimum absolute atomic E-state index is 0.322. The summed E-state index contributed by atoms with van der Waals surface area (Å²) in [7, 11) is -3.44. The van der Waals surface area contributed by atoms with E-state index in [-0.39, 0.29) is 0 Å². The highest BCUT2D eigenvalue weighted by atomic mass is 32.2. The van der Waals surface area contributed by atoms with Crippen molar-refractivity contribution in [3.63, 3.8) is 0 Å². The Morgan fingerprint density at radius 1 is 1.16 bits per heavy atom. The fourth-order valence-corrected chi connectivity index (χ4v) is 5.21. The number of carboxylic acid groups (broad SMARTS) is 1. The van der Waals surface area contributed by atoms with E-state index in [4.69, 9.17) is 5.11 Å². The SMILES string of the molecule is Cc1sc(C(=O)O)cc1CN1CCN(S(=O)(=O)c2ccccc2)CC1. The van der Waals surface area contributed by atoms with Crippen LogP contribution in [0.2, 0.25) is 0 Å². The smallest absolute Gasteiger partial charge is 0.345 e. The molecule has 1 aliphatic heterocycles. The molecule has 0 spiro atoms. The van der Waals surface area contributed by atoms with Gasteiger partial charge in [-0.15, -0.1) is 11.3 Å². The van der Waals surface area contributed by atoms with Crippen LogP contribution < -0.4 is 0 Å². The molecule has 1 saturated heterocycles. The summed E-state index contributed by atoms with van der Waals surface area (Å²) in [4.78, 5) is 14.9. The summed E-state index contributed by atoms with van der Waals surface area (Å²) < 4.78 is 26.8. The van der Waals surface area contributed by atoms with E-state index in [1.807, 2.05) is 6.92 Å². The minimum Gasteiger partial charge on any atom is -0.477 e. The van der Waals surface area contributed by atoms with Crippen LogP contribution >= 0.6 is 11.3 Å². The second-order valence-electron chi connectivity index (χ2n) is 5.99. The Morgan fingerprint density at radius 3 is 2.36 bits per heavy atom. The first-order valence-electron chi connectivity index (χ1n) is 7.98. The van der Waals surface area contributed by atoms with E-state index in [1.165, 1.54) is 15.6 Å². The highest BCUT2D eigenvalue weighted by Crippen LogP contribution is 2.24. The number of rotatable bonds is 5. The lowest BCUT2D eigenvalue weighted by Crippen LogP contribution is -2.48. The molecule has 0 amide bonds. The average Bonchev–Trinajstić information content (AvgIpc) is 2.97. The number of benzene rings is 1. The highest BCUT2D eigenvalue weighted by Gasteiger charge is 2.28. The van der Waals surface area contributed by atoms with Crippen LogP contribution in [0.15, 0.2) is 41.3 Å². The van der Waals surface area contributed by atoms with Gasteiger partial charge in [-0.05, 0) is 30.7 Å². The van der Waals surface area contributed by atoms with Gasteiger partial charge in [0, 0.05) is 37.6 Å². The topological polar surface area (TPSA) is 77.9 Å². The molecule has 0 aliphatic carbocycles. The summed E-state index contributed by atoms with van der Waals surface area (Å²) in [6.07, 6.45) is 0. The molecule has 1 aromatic heterocycles. The van der Waals surface area contributed by atoms with Crippen LogP contribution in [-0.2, 0) is 16.6 Å². The first-order chi connectivity index (χ1) is 11.9. The van der Waals surface area contributed by atoms with E-state index >= 15 is 0 Å². The van der Waals surface area contributed by atoms with E-state index < -0.39 is 16.0 Å². The molecule has 1 aliphatic rings. The maximum absolute atomic E-state index is 12.6. The second-order valence-corrected chi connectivity index (χ2v) is 9.18. The fourth-order valence-electron chi connectivity index (χ4n) is 2.89. The summed E-state index contributed by atoms with van der Waals surface area (Å²) in [5.41, 5.74) is 1.00. The molecule has 1 N–H and O–H groups in total. The van der Waals surface area contributed by atoms with Gasteiger partial charge in [-0.3, -0.25) is 4.90 Å². The van der Waals surface area contributed by atoms with Gasteiger partial charge in [0.15, 0.2) is 0 Å².